The van der Waals surface area contributed by atoms with Crippen LogP contribution < -0.4 is 0 Å². The molecule has 9 heteroatoms. The van der Waals surface area contributed by atoms with E-state index in [2.05, 4.69) is 46.7 Å². The summed E-state index contributed by atoms with van der Waals surface area (Å²) in [5.74, 6) is -1.25. The first-order valence-corrected chi connectivity index (χ1v) is 14.8. The fraction of sp³-hybridized carbons (Fsp3) is 0.364. The Morgan fingerprint density at radius 3 is 2.76 bits per heavy atom. The Morgan fingerprint density at radius 2 is 1.90 bits per heavy atom. The predicted molar refractivity (Wildman–Crippen MR) is 160 cm³/mol. The van der Waals surface area contributed by atoms with Crippen LogP contribution >= 0.6 is 0 Å². The van der Waals surface area contributed by atoms with Crippen molar-refractivity contribution in [3.8, 4) is 0 Å². The Kier molecular flexibility index (Phi) is 6.52. The molecule has 1 N–H and O–H groups in total. The van der Waals surface area contributed by atoms with Gasteiger partial charge >= 0.3 is 5.97 Å². The summed E-state index contributed by atoms with van der Waals surface area (Å²) in [6, 6.07) is 14.6. The number of benzene rings is 2. The van der Waals surface area contributed by atoms with Crippen molar-refractivity contribution < 1.29 is 14.7 Å². The third-order valence-corrected chi connectivity index (χ3v) is 9.22. The van der Waals surface area contributed by atoms with Crippen molar-refractivity contribution in [3.05, 3.63) is 87.7 Å². The van der Waals surface area contributed by atoms with Gasteiger partial charge in [-0.05, 0) is 78.1 Å². The Hall–Kier alpha value is -4.53. The summed E-state index contributed by atoms with van der Waals surface area (Å²) in [6.07, 6.45) is 6.44. The van der Waals surface area contributed by atoms with Crippen LogP contribution in [-0.4, -0.2) is 53.0 Å². The Morgan fingerprint density at radius 1 is 1.02 bits per heavy atom. The van der Waals surface area contributed by atoms with Gasteiger partial charge in [-0.2, -0.15) is 0 Å². The molecule has 2 aromatic carbocycles. The Balaban J connectivity index is 1.35. The highest BCUT2D eigenvalue weighted by atomic mass is 16.4. The quantitative estimate of drug-likeness (QED) is 0.319. The average Bonchev–Trinajstić information content (AvgIpc) is 3.56. The number of fused-ring (bicyclic) bond motifs is 5. The lowest BCUT2D eigenvalue weighted by atomic mass is 9.84. The zero-order valence-electron chi connectivity index (χ0n) is 24.0. The molecule has 0 spiro atoms. The molecule has 5 aromatic rings. The second-order valence-corrected chi connectivity index (χ2v) is 11.7. The summed E-state index contributed by atoms with van der Waals surface area (Å²) < 4.78 is 3.89. The minimum atomic E-state index is -0.877. The number of carbonyl (C=O) groups excluding carboxylic acids is 1. The second-order valence-electron chi connectivity index (χ2n) is 11.7. The maximum absolute atomic E-state index is 13.9. The lowest BCUT2D eigenvalue weighted by Gasteiger charge is -2.30. The third-order valence-electron chi connectivity index (χ3n) is 9.22. The van der Waals surface area contributed by atoms with E-state index in [-0.39, 0.29) is 12.3 Å². The van der Waals surface area contributed by atoms with Crippen LogP contribution in [0.15, 0.2) is 48.7 Å². The number of pyridine rings is 1. The van der Waals surface area contributed by atoms with Crippen molar-refractivity contribution in [2.24, 2.45) is 7.05 Å². The second kappa shape index (κ2) is 10.4. The maximum Gasteiger partial charge on any atom is 0.304 e. The molecule has 3 aromatic heterocycles. The van der Waals surface area contributed by atoms with Crippen LogP contribution in [0.5, 0.6) is 0 Å². The fourth-order valence-electron chi connectivity index (χ4n) is 6.85. The number of amides is 1. The van der Waals surface area contributed by atoms with E-state index in [0.717, 1.165) is 83.0 Å². The molecule has 0 aliphatic carbocycles. The smallest absolute Gasteiger partial charge is 0.304 e. The van der Waals surface area contributed by atoms with Crippen molar-refractivity contribution in [2.45, 2.75) is 64.5 Å². The minimum Gasteiger partial charge on any atom is -0.481 e. The maximum atomic E-state index is 13.9. The van der Waals surface area contributed by atoms with Crippen LogP contribution in [-0.2, 0) is 37.8 Å². The predicted octanol–water partition coefficient (Wildman–Crippen LogP) is 5.16. The van der Waals surface area contributed by atoms with Gasteiger partial charge in [0.25, 0.3) is 5.91 Å². The zero-order valence-corrected chi connectivity index (χ0v) is 24.0. The van der Waals surface area contributed by atoms with E-state index in [1.165, 1.54) is 11.1 Å². The largest absolute Gasteiger partial charge is 0.481 e. The Bertz CT molecular complexity index is 1870. The molecule has 1 atom stereocenters. The van der Waals surface area contributed by atoms with Crippen LogP contribution in [0.25, 0.3) is 22.1 Å². The standard InChI is InChI=1S/C33H34N6O3/c1-20-27-18-34-32-31(20)35-36-39(32)13-5-3-4-7-22-8-6-9-28-26(22)16-29(37(28)2)33(42)38-14-12-21-10-11-23(15-24(21)19-38)25(27)17-30(40)41/h6,8-11,15-16,18,25H,3-5,7,12-14,17,19H2,1-2H3,(H,40,41)/t25-/m0/s1. The van der Waals surface area contributed by atoms with Crippen molar-refractivity contribution in [3.63, 3.8) is 0 Å². The first-order valence-electron chi connectivity index (χ1n) is 14.8. The monoisotopic (exact) mass is 562 g/mol. The summed E-state index contributed by atoms with van der Waals surface area (Å²) in [4.78, 5) is 32.7. The van der Waals surface area contributed by atoms with Crippen LogP contribution in [0, 0.1) is 6.92 Å². The number of carboxylic acid groups (broad SMARTS) is 1. The summed E-state index contributed by atoms with van der Waals surface area (Å²) in [5, 5.41) is 19.9. The number of hydrogen-bond donors (Lipinski definition) is 1. The van der Waals surface area contributed by atoms with E-state index in [0.29, 0.717) is 18.8 Å². The number of nitrogens with zero attached hydrogens (tertiary/aromatic N) is 6. The number of carbonyl (C=O) groups is 2. The lowest BCUT2D eigenvalue weighted by Crippen LogP contribution is -2.36. The molecular weight excluding hydrogens is 528 g/mol. The molecule has 0 saturated heterocycles. The highest BCUT2D eigenvalue weighted by molar-refractivity contribution is 5.99. The van der Waals surface area contributed by atoms with Gasteiger partial charge in [0.15, 0.2) is 5.65 Å². The van der Waals surface area contributed by atoms with E-state index in [9.17, 15) is 14.7 Å². The fourth-order valence-corrected chi connectivity index (χ4v) is 6.85. The minimum absolute atomic E-state index is 0.0246. The molecule has 42 heavy (non-hydrogen) atoms. The summed E-state index contributed by atoms with van der Waals surface area (Å²) in [6.45, 7) is 3.83. The molecule has 8 rings (SSSR count). The number of carboxylic acids is 1. The molecule has 214 valence electrons. The molecule has 3 aliphatic rings. The highest BCUT2D eigenvalue weighted by Gasteiger charge is 2.28. The van der Waals surface area contributed by atoms with E-state index < -0.39 is 11.9 Å². The van der Waals surface area contributed by atoms with Gasteiger partial charge in [-0.25, -0.2) is 9.67 Å². The molecule has 0 fully saturated rings. The van der Waals surface area contributed by atoms with Crippen molar-refractivity contribution >= 4 is 33.9 Å². The molecule has 9 nitrogen and oxygen atoms in total. The van der Waals surface area contributed by atoms with E-state index >= 15 is 0 Å². The van der Waals surface area contributed by atoms with Crippen molar-refractivity contribution in [1.82, 2.24) is 29.4 Å². The first-order chi connectivity index (χ1) is 20.4. The zero-order chi connectivity index (χ0) is 29.0. The molecule has 6 heterocycles. The molecular formula is C33H34N6O3. The van der Waals surface area contributed by atoms with Gasteiger partial charge in [0.1, 0.15) is 11.2 Å². The van der Waals surface area contributed by atoms with Gasteiger partial charge in [0.2, 0.25) is 0 Å². The number of aromatic nitrogens is 5. The number of aryl methyl sites for hydroxylation is 4. The molecule has 0 unspecified atom stereocenters. The lowest BCUT2D eigenvalue weighted by molar-refractivity contribution is -0.137. The van der Waals surface area contributed by atoms with Crippen LogP contribution in [0.1, 0.15) is 75.5 Å². The third kappa shape index (κ3) is 4.44. The van der Waals surface area contributed by atoms with Gasteiger partial charge < -0.3 is 14.6 Å². The molecule has 9 bridgehead atoms. The van der Waals surface area contributed by atoms with Gasteiger partial charge in [-0.3, -0.25) is 9.59 Å². The van der Waals surface area contributed by atoms with E-state index in [1.807, 2.05) is 34.2 Å². The molecule has 1 amide bonds. The molecule has 3 aliphatic heterocycles. The Labute approximate surface area is 243 Å². The number of hydrogen-bond acceptors (Lipinski definition) is 5. The number of aliphatic carboxylic acids is 1. The number of rotatable bonds is 2. The molecule has 0 saturated carbocycles. The van der Waals surface area contributed by atoms with Gasteiger partial charge in [0, 0.05) is 49.7 Å². The van der Waals surface area contributed by atoms with Gasteiger partial charge in [-0.1, -0.05) is 42.0 Å². The highest BCUT2D eigenvalue weighted by Crippen LogP contribution is 2.35. The summed E-state index contributed by atoms with van der Waals surface area (Å²) >= 11 is 0. The van der Waals surface area contributed by atoms with Crippen molar-refractivity contribution in [2.75, 3.05) is 6.54 Å². The van der Waals surface area contributed by atoms with E-state index in [1.54, 1.807) is 6.20 Å². The van der Waals surface area contributed by atoms with Crippen LogP contribution in [0.2, 0.25) is 0 Å². The normalized spacial score (nSPS) is 17.5. The average molecular weight is 563 g/mol. The summed E-state index contributed by atoms with van der Waals surface area (Å²) in [7, 11) is 1.98. The molecule has 0 radical (unpaired) electrons. The first kappa shape index (κ1) is 26.4. The topological polar surface area (TPSA) is 106 Å². The summed E-state index contributed by atoms with van der Waals surface area (Å²) in [5.41, 5.74) is 9.40. The van der Waals surface area contributed by atoms with Crippen LogP contribution in [0.3, 0.4) is 0 Å². The SMILES string of the molecule is Cc1c2cnc3c1nnn3CCCCCc1cccc3c1cc(n3C)C(=O)N1CCc3ccc(cc3C1)[C@@H]2CC(=O)O. The van der Waals surface area contributed by atoms with Crippen molar-refractivity contribution in [1.29, 1.82) is 0 Å². The van der Waals surface area contributed by atoms with Gasteiger partial charge in [0.05, 0.1) is 6.42 Å². The van der Waals surface area contributed by atoms with Gasteiger partial charge in [-0.15, -0.1) is 5.10 Å². The van der Waals surface area contributed by atoms with Crippen LogP contribution in [0.4, 0.5) is 0 Å². The van der Waals surface area contributed by atoms with E-state index in [4.69, 9.17) is 4.98 Å².